The first-order valence-electron chi connectivity index (χ1n) is 20.4. The SMILES string of the molecule is C=CCO[C@@]12Oc3ccc(OCc4cccc(C)n4)cc3[C@H]3[C@H](CCCCO)[C@@H](CCCCO)C=C(C(=NOCC)C[C@@H]1N(C)C(=O)Cc1cccc(OC)c1)[C@H]32. The third-order valence-electron chi connectivity index (χ3n) is 11.6. The number of ether oxygens (including phenoxy) is 4. The first-order valence-corrected chi connectivity index (χ1v) is 20.4. The highest BCUT2D eigenvalue weighted by atomic mass is 16.7. The lowest BCUT2D eigenvalue weighted by Crippen LogP contribution is -2.69. The van der Waals surface area contributed by atoms with Crippen LogP contribution in [0.15, 0.2) is 90.1 Å². The molecule has 57 heavy (non-hydrogen) atoms. The molecule has 6 atom stereocenters. The van der Waals surface area contributed by atoms with Crippen molar-refractivity contribution in [3.8, 4) is 17.2 Å². The van der Waals surface area contributed by atoms with Crippen molar-refractivity contribution in [2.75, 3.05) is 40.6 Å². The van der Waals surface area contributed by atoms with Crippen molar-refractivity contribution in [2.45, 2.75) is 89.6 Å². The van der Waals surface area contributed by atoms with Crippen LogP contribution >= 0.6 is 0 Å². The number of carbonyl (C=O) groups is 1. The fraction of sp³-hybridized carbons (Fsp3) is 0.500. The average Bonchev–Trinajstić information content (AvgIpc) is 3.22. The number of aromatic nitrogens is 1. The van der Waals surface area contributed by atoms with Crippen LogP contribution in [0.4, 0.5) is 0 Å². The van der Waals surface area contributed by atoms with Gasteiger partial charge in [0.25, 0.3) is 0 Å². The molecule has 1 amide bonds. The Bertz CT molecular complexity index is 1900. The van der Waals surface area contributed by atoms with Gasteiger partial charge in [-0.25, -0.2) is 0 Å². The fourth-order valence-corrected chi connectivity index (χ4v) is 9.05. The number of allylic oxidation sites excluding steroid dienone is 1. The molecule has 306 valence electrons. The van der Waals surface area contributed by atoms with Gasteiger partial charge in [0.05, 0.1) is 37.5 Å². The highest BCUT2D eigenvalue weighted by Crippen LogP contribution is 2.61. The zero-order valence-corrected chi connectivity index (χ0v) is 33.9. The molecule has 1 fully saturated rings. The van der Waals surface area contributed by atoms with Gasteiger partial charge in [0.2, 0.25) is 11.7 Å². The van der Waals surface area contributed by atoms with Gasteiger partial charge in [-0.2, -0.15) is 0 Å². The molecular formula is C46H59N3O8. The zero-order valence-electron chi connectivity index (χ0n) is 33.9. The summed E-state index contributed by atoms with van der Waals surface area (Å²) in [4.78, 5) is 26.6. The summed E-state index contributed by atoms with van der Waals surface area (Å²) in [6, 6.07) is 18.8. The van der Waals surface area contributed by atoms with Gasteiger partial charge in [-0.15, -0.1) is 6.58 Å². The smallest absolute Gasteiger partial charge is 0.239 e. The number of unbranched alkanes of at least 4 members (excludes halogenated alkanes) is 2. The van der Waals surface area contributed by atoms with Crippen molar-refractivity contribution in [2.24, 2.45) is 22.9 Å². The van der Waals surface area contributed by atoms with E-state index < -0.39 is 17.7 Å². The van der Waals surface area contributed by atoms with E-state index in [9.17, 15) is 15.0 Å². The molecule has 3 aliphatic rings. The first-order chi connectivity index (χ1) is 27.8. The normalized spacial score (nSPS) is 24.1. The van der Waals surface area contributed by atoms with E-state index in [4.69, 9.17) is 28.9 Å². The second kappa shape index (κ2) is 19.6. The monoisotopic (exact) mass is 781 g/mol. The minimum atomic E-state index is -1.32. The molecule has 11 nitrogen and oxygen atoms in total. The summed E-state index contributed by atoms with van der Waals surface area (Å²) < 4.78 is 26.1. The van der Waals surface area contributed by atoms with Gasteiger partial charge >= 0.3 is 0 Å². The number of aliphatic hydroxyl groups excluding tert-OH is 2. The van der Waals surface area contributed by atoms with Crippen molar-refractivity contribution >= 4 is 11.6 Å². The molecule has 11 heteroatoms. The maximum atomic E-state index is 14.4. The van der Waals surface area contributed by atoms with Crippen LogP contribution in [0.2, 0.25) is 0 Å². The maximum Gasteiger partial charge on any atom is 0.239 e. The number of rotatable bonds is 20. The Morgan fingerprint density at radius 2 is 1.84 bits per heavy atom. The van der Waals surface area contributed by atoms with E-state index in [1.165, 1.54) is 0 Å². The summed E-state index contributed by atoms with van der Waals surface area (Å²) in [5.41, 5.74) is 5.36. The van der Waals surface area contributed by atoms with Gasteiger partial charge in [-0.3, -0.25) is 9.78 Å². The molecule has 0 bridgehead atoms. The number of methoxy groups -OCH3 is 1. The average molecular weight is 782 g/mol. The Kier molecular flexibility index (Phi) is 14.4. The molecule has 6 rings (SSSR count). The lowest BCUT2D eigenvalue weighted by atomic mass is 9.55. The van der Waals surface area contributed by atoms with E-state index in [0.717, 1.165) is 59.5 Å². The van der Waals surface area contributed by atoms with Crippen LogP contribution in [0.1, 0.15) is 80.3 Å². The number of aliphatic hydroxyl groups is 2. The van der Waals surface area contributed by atoms with Gasteiger partial charge in [-0.05, 0) is 105 Å². The van der Waals surface area contributed by atoms with Crippen molar-refractivity contribution in [3.63, 3.8) is 0 Å². The first kappa shape index (κ1) is 41.9. The van der Waals surface area contributed by atoms with E-state index in [0.29, 0.717) is 49.7 Å². The molecule has 1 saturated carbocycles. The summed E-state index contributed by atoms with van der Waals surface area (Å²) in [6.07, 6.45) is 9.35. The van der Waals surface area contributed by atoms with E-state index in [2.05, 4.69) is 23.7 Å². The third kappa shape index (κ3) is 9.37. The quantitative estimate of drug-likeness (QED) is 0.0687. The van der Waals surface area contributed by atoms with Crippen LogP contribution in [-0.2, 0) is 27.4 Å². The second-order valence-electron chi connectivity index (χ2n) is 15.3. The van der Waals surface area contributed by atoms with Crippen molar-refractivity contribution < 1.29 is 38.8 Å². The fourth-order valence-electron chi connectivity index (χ4n) is 9.05. The number of pyridine rings is 1. The Balaban J connectivity index is 1.51. The summed E-state index contributed by atoms with van der Waals surface area (Å²) in [7, 11) is 3.44. The summed E-state index contributed by atoms with van der Waals surface area (Å²) in [5, 5.41) is 24.5. The van der Waals surface area contributed by atoms with E-state index in [-0.39, 0.29) is 49.9 Å². The number of carbonyl (C=O) groups excluding carboxylic acids is 1. The largest absolute Gasteiger partial charge is 0.497 e. The highest BCUT2D eigenvalue weighted by molar-refractivity contribution is 6.03. The Hall–Kier alpha value is -4.71. The van der Waals surface area contributed by atoms with Gasteiger partial charge in [-0.1, -0.05) is 48.3 Å². The van der Waals surface area contributed by atoms with E-state index >= 15 is 0 Å². The minimum absolute atomic E-state index is 0.102. The molecule has 1 aromatic heterocycles. The standard InChI is InChI=1S/C46H59N3O8/c1-6-24-55-46-42(49(4)43(52)26-32-15-13-18-35(25-32)53-5)29-40(48-56-7-2)38-27-33(16-8-10-22-50)37(19-9-11-23-51)44(45(38)46)39-28-36(20-21-41(39)57-46)54-30-34-17-12-14-31(3)47-34/h6,12-15,17-18,20-21,25,27-28,33,37,42,44-45,50-51H,1,7-11,16,19,22-24,26,29-30H2,2-5H3/t33-,37+,42-,44+,45+,46+/m0/s1. The predicted octanol–water partition coefficient (Wildman–Crippen LogP) is 7.33. The Morgan fingerprint density at radius 1 is 1.05 bits per heavy atom. The molecule has 0 saturated heterocycles. The Labute approximate surface area is 337 Å². The predicted molar refractivity (Wildman–Crippen MR) is 219 cm³/mol. The van der Waals surface area contributed by atoms with Crippen molar-refractivity contribution in [3.05, 3.63) is 107 Å². The molecular weight excluding hydrogens is 723 g/mol. The number of fused-ring (bicyclic) bond motifs is 2. The summed E-state index contributed by atoms with van der Waals surface area (Å²) >= 11 is 0. The Morgan fingerprint density at radius 3 is 2.58 bits per heavy atom. The summed E-state index contributed by atoms with van der Waals surface area (Å²) in [6.45, 7) is 9.02. The molecule has 2 heterocycles. The van der Waals surface area contributed by atoms with Crippen molar-refractivity contribution in [1.29, 1.82) is 0 Å². The molecule has 2 N–H and O–H groups in total. The second-order valence-corrected chi connectivity index (χ2v) is 15.3. The molecule has 0 radical (unpaired) electrons. The molecule has 2 aromatic carbocycles. The van der Waals surface area contributed by atoms with Crippen LogP contribution < -0.4 is 14.2 Å². The highest BCUT2D eigenvalue weighted by Gasteiger charge is 2.65. The van der Waals surface area contributed by atoms with Crippen LogP contribution in [0, 0.1) is 24.7 Å². The van der Waals surface area contributed by atoms with Gasteiger partial charge in [0.15, 0.2) is 0 Å². The molecule has 3 aromatic rings. The number of oxime groups is 1. The van der Waals surface area contributed by atoms with Crippen LogP contribution in [-0.4, -0.2) is 84.1 Å². The number of hydrogen-bond donors (Lipinski definition) is 2. The number of likely N-dealkylation sites (N-methyl/N-ethyl adjacent to an activating group) is 1. The molecule has 2 aliphatic carbocycles. The van der Waals surface area contributed by atoms with E-state index in [1.54, 1.807) is 18.1 Å². The van der Waals surface area contributed by atoms with Crippen LogP contribution in [0.25, 0.3) is 0 Å². The zero-order chi connectivity index (χ0) is 40.4. The minimum Gasteiger partial charge on any atom is -0.497 e. The third-order valence-corrected chi connectivity index (χ3v) is 11.6. The van der Waals surface area contributed by atoms with E-state index in [1.807, 2.05) is 75.5 Å². The number of hydrogen-bond acceptors (Lipinski definition) is 10. The van der Waals surface area contributed by atoms with Crippen molar-refractivity contribution in [1.82, 2.24) is 9.88 Å². The number of aryl methyl sites for hydroxylation is 1. The van der Waals surface area contributed by atoms with Gasteiger partial charge in [0, 0.05) is 43.9 Å². The molecule has 0 spiro atoms. The molecule has 1 aliphatic heterocycles. The van der Waals surface area contributed by atoms with Gasteiger partial charge in [0.1, 0.15) is 36.5 Å². The number of amides is 1. The maximum absolute atomic E-state index is 14.4. The molecule has 0 unspecified atom stereocenters. The van der Waals surface area contributed by atoms with Crippen LogP contribution in [0.3, 0.4) is 0 Å². The number of nitrogens with zero attached hydrogens (tertiary/aromatic N) is 3. The van der Waals surface area contributed by atoms with Gasteiger partial charge < -0.3 is 38.9 Å². The van der Waals surface area contributed by atoms with Crippen LogP contribution in [0.5, 0.6) is 17.2 Å². The topological polar surface area (TPSA) is 132 Å². The lowest BCUT2D eigenvalue weighted by Gasteiger charge is -2.59. The number of benzene rings is 2. The lowest BCUT2D eigenvalue weighted by molar-refractivity contribution is -0.255. The summed E-state index contributed by atoms with van der Waals surface area (Å²) in [5.74, 6) is 0.337.